The number of methoxy groups -OCH3 is 1. The molecule has 0 radical (unpaired) electrons. The van der Waals surface area contributed by atoms with Crippen molar-refractivity contribution in [1.29, 1.82) is 0 Å². The number of hydrogen-bond acceptors (Lipinski definition) is 4. The topological polar surface area (TPSA) is 75.7 Å². The van der Waals surface area contributed by atoms with E-state index in [-0.39, 0.29) is 23.9 Å². The lowest BCUT2D eigenvalue weighted by Crippen LogP contribution is -2.37. The van der Waals surface area contributed by atoms with Crippen LogP contribution in [0.5, 0.6) is 5.75 Å². The molecule has 0 aliphatic rings. The maximum atomic E-state index is 12.2. The summed E-state index contributed by atoms with van der Waals surface area (Å²) >= 11 is 6.00. The lowest BCUT2D eigenvalue weighted by molar-refractivity contribution is -0.116. The SMILES string of the molecule is COc1ccc(Cl)cc1N(CCNS(=O)(=O)c1ccccc1)C(C)=O. The minimum absolute atomic E-state index is 0.0481. The third kappa shape index (κ3) is 4.94. The molecule has 0 fully saturated rings. The summed E-state index contributed by atoms with van der Waals surface area (Å²) in [6.07, 6.45) is 0. The smallest absolute Gasteiger partial charge is 0.240 e. The van der Waals surface area contributed by atoms with Crippen LogP contribution < -0.4 is 14.4 Å². The van der Waals surface area contributed by atoms with Gasteiger partial charge in [0.2, 0.25) is 15.9 Å². The predicted molar refractivity (Wildman–Crippen MR) is 97.7 cm³/mol. The first-order valence-corrected chi connectivity index (χ1v) is 9.37. The van der Waals surface area contributed by atoms with E-state index in [9.17, 15) is 13.2 Å². The molecule has 1 amide bonds. The Morgan fingerprint density at radius 1 is 1.20 bits per heavy atom. The van der Waals surface area contributed by atoms with Gasteiger partial charge in [0.15, 0.2) is 0 Å². The number of nitrogens with one attached hydrogen (secondary N) is 1. The number of hydrogen-bond donors (Lipinski definition) is 1. The van der Waals surface area contributed by atoms with Crippen LogP contribution in [0.2, 0.25) is 5.02 Å². The summed E-state index contributed by atoms with van der Waals surface area (Å²) in [4.78, 5) is 13.6. The van der Waals surface area contributed by atoms with E-state index >= 15 is 0 Å². The van der Waals surface area contributed by atoms with Gasteiger partial charge in [-0.05, 0) is 30.3 Å². The Kier molecular flexibility index (Phi) is 6.41. The van der Waals surface area contributed by atoms with Gasteiger partial charge in [0, 0.05) is 25.0 Å². The first kappa shape index (κ1) is 19.2. The standard InChI is InChI=1S/C17H19ClN2O4S/c1-13(21)20(16-12-14(18)8-9-17(16)24-2)11-10-19-25(22,23)15-6-4-3-5-7-15/h3-9,12,19H,10-11H2,1-2H3. The molecule has 2 aromatic carbocycles. The molecule has 0 spiro atoms. The van der Waals surface area contributed by atoms with E-state index in [1.807, 2.05) is 0 Å². The van der Waals surface area contributed by atoms with Crippen molar-refractivity contribution in [1.82, 2.24) is 4.72 Å². The van der Waals surface area contributed by atoms with Gasteiger partial charge in [-0.15, -0.1) is 0 Å². The maximum Gasteiger partial charge on any atom is 0.240 e. The largest absolute Gasteiger partial charge is 0.495 e. The lowest BCUT2D eigenvalue weighted by atomic mass is 10.2. The Morgan fingerprint density at radius 2 is 1.88 bits per heavy atom. The Morgan fingerprint density at radius 3 is 2.48 bits per heavy atom. The summed E-state index contributed by atoms with van der Waals surface area (Å²) in [5, 5.41) is 0.451. The van der Waals surface area contributed by atoms with Gasteiger partial charge in [0.05, 0.1) is 17.7 Å². The average molecular weight is 383 g/mol. The van der Waals surface area contributed by atoms with Crippen molar-refractivity contribution in [2.45, 2.75) is 11.8 Å². The molecule has 0 unspecified atom stereocenters. The fraction of sp³-hybridized carbons (Fsp3) is 0.235. The van der Waals surface area contributed by atoms with Gasteiger partial charge in [-0.3, -0.25) is 4.79 Å². The molecule has 6 nitrogen and oxygen atoms in total. The van der Waals surface area contributed by atoms with Gasteiger partial charge >= 0.3 is 0 Å². The number of nitrogens with zero attached hydrogens (tertiary/aromatic N) is 1. The highest BCUT2D eigenvalue weighted by Crippen LogP contribution is 2.31. The van der Waals surface area contributed by atoms with Crippen LogP contribution in [-0.2, 0) is 14.8 Å². The molecule has 8 heteroatoms. The molecule has 1 N–H and O–H groups in total. The molecule has 0 aromatic heterocycles. The molecular formula is C17H19ClN2O4S. The number of carbonyl (C=O) groups is 1. The van der Waals surface area contributed by atoms with Crippen molar-refractivity contribution in [3.63, 3.8) is 0 Å². The summed E-state index contributed by atoms with van der Waals surface area (Å²) < 4.78 is 32.2. The lowest BCUT2D eigenvalue weighted by Gasteiger charge is -2.23. The van der Waals surface area contributed by atoms with Crippen LogP contribution in [0.15, 0.2) is 53.4 Å². The van der Waals surface area contributed by atoms with Crippen molar-refractivity contribution in [3.8, 4) is 5.75 Å². The van der Waals surface area contributed by atoms with Gasteiger partial charge in [0.1, 0.15) is 5.75 Å². The van der Waals surface area contributed by atoms with Crippen LogP contribution in [-0.4, -0.2) is 34.5 Å². The van der Waals surface area contributed by atoms with Crippen molar-refractivity contribution in [3.05, 3.63) is 53.6 Å². The molecule has 134 valence electrons. The second-order valence-electron chi connectivity index (χ2n) is 5.20. The van der Waals surface area contributed by atoms with Crippen LogP contribution in [0.3, 0.4) is 0 Å². The highest BCUT2D eigenvalue weighted by molar-refractivity contribution is 7.89. The van der Waals surface area contributed by atoms with Crippen LogP contribution in [0, 0.1) is 0 Å². The fourth-order valence-corrected chi connectivity index (χ4v) is 3.50. The van der Waals surface area contributed by atoms with E-state index in [1.54, 1.807) is 36.4 Å². The number of anilines is 1. The Hall–Kier alpha value is -2.09. The third-order valence-electron chi connectivity index (χ3n) is 3.49. The van der Waals surface area contributed by atoms with E-state index in [4.69, 9.17) is 16.3 Å². The number of sulfonamides is 1. The van der Waals surface area contributed by atoms with Gasteiger partial charge in [-0.25, -0.2) is 13.1 Å². The van der Waals surface area contributed by atoms with E-state index in [2.05, 4.69) is 4.72 Å². The first-order chi connectivity index (χ1) is 11.8. The minimum Gasteiger partial charge on any atom is -0.495 e. The molecule has 0 aliphatic heterocycles. The molecule has 0 heterocycles. The minimum atomic E-state index is -3.63. The average Bonchev–Trinajstić information content (AvgIpc) is 2.59. The van der Waals surface area contributed by atoms with Crippen molar-refractivity contribution >= 4 is 33.2 Å². The zero-order valence-electron chi connectivity index (χ0n) is 13.9. The number of rotatable bonds is 7. The summed E-state index contributed by atoms with van der Waals surface area (Å²) in [6, 6.07) is 13.0. The number of amides is 1. The zero-order valence-corrected chi connectivity index (χ0v) is 15.5. The monoisotopic (exact) mass is 382 g/mol. The Bertz CT molecular complexity index is 841. The maximum absolute atomic E-state index is 12.2. The van der Waals surface area contributed by atoms with E-state index < -0.39 is 10.0 Å². The Balaban J connectivity index is 2.14. The summed E-state index contributed by atoms with van der Waals surface area (Å²) in [5.41, 5.74) is 0.487. The highest BCUT2D eigenvalue weighted by atomic mass is 35.5. The molecule has 0 atom stereocenters. The van der Waals surface area contributed by atoms with Crippen LogP contribution in [0.1, 0.15) is 6.92 Å². The molecule has 0 saturated carbocycles. The van der Waals surface area contributed by atoms with Gasteiger partial charge in [-0.2, -0.15) is 0 Å². The fourth-order valence-electron chi connectivity index (χ4n) is 2.30. The number of benzene rings is 2. The molecule has 2 aromatic rings. The normalized spacial score (nSPS) is 11.2. The van der Waals surface area contributed by atoms with Crippen LogP contribution >= 0.6 is 11.6 Å². The van der Waals surface area contributed by atoms with Gasteiger partial charge < -0.3 is 9.64 Å². The summed E-state index contributed by atoms with van der Waals surface area (Å²) in [5.74, 6) is 0.227. The zero-order chi connectivity index (χ0) is 18.4. The quantitative estimate of drug-likeness (QED) is 0.798. The molecule has 0 aliphatic carbocycles. The first-order valence-electron chi connectivity index (χ1n) is 7.51. The van der Waals surface area contributed by atoms with Crippen molar-refractivity contribution in [2.75, 3.05) is 25.1 Å². The van der Waals surface area contributed by atoms with Crippen molar-refractivity contribution in [2.24, 2.45) is 0 Å². The number of ether oxygens (including phenoxy) is 1. The Labute approximate surface area is 152 Å². The van der Waals surface area contributed by atoms with E-state index in [0.717, 1.165) is 0 Å². The number of carbonyl (C=O) groups excluding carboxylic acids is 1. The van der Waals surface area contributed by atoms with Gasteiger partial charge in [-0.1, -0.05) is 29.8 Å². The molecule has 0 saturated heterocycles. The number of halogens is 1. The highest BCUT2D eigenvalue weighted by Gasteiger charge is 2.18. The second kappa shape index (κ2) is 8.33. The second-order valence-corrected chi connectivity index (χ2v) is 7.40. The van der Waals surface area contributed by atoms with E-state index in [1.165, 1.54) is 31.1 Å². The van der Waals surface area contributed by atoms with Crippen LogP contribution in [0.25, 0.3) is 0 Å². The van der Waals surface area contributed by atoms with E-state index in [0.29, 0.717) is 16.5 Å². The molecule has 25 heavy (non-hydrogen) atoms. The summed E-state index contributed by atoms with van der Waals surface area (Å²) in [6.45, 7) is 1.58. The third-order valence-corrected chi connectivity index (χ3v) is 5.20. The van der Waals surface area contributed by atoms with Gasteiger partial charge in [0.25, 0.3) is 0 Å². The molecular weight excluding hydrogens is 364 g/mol. The summed E-state index contributed by atoms with van der Waals surface area (Å²) in [7, 11) is -2.14. The van der Waals surface area contributed by atoms with Crippen LogP contribution in [0.4, 0.5) is 5.69 Å². The molecule has 2 rings (SSSR count). The van der Waals surface area contributed by atoms with Crippen molar-refractivity contribution < 1.29 is 17.9 Å². The molecule has 0 bridgehead atoms. The predicted octanol–water partition coefficient (Wildman–Crippen LogP) is 2.68.